The maximum Gasteiger partial charge on any atom is 0.105 e. The third-order valence-electron chi connectivity index (χ3n) is 3.02. The summed E-state index contributed by atoms with van der Waals surface area (Å²) in [5.74, 6) is 0.375. The van der Waals surface area contributed by atoms with Gasteiger partial charge in [0.15, 0.2) is 0 Å². The standard InChI is InChI=1S/C8H14FNO/c9-4-7-5-1-2-6(10-7)8(11)3-5/h5-8,10-11H,1-4H2/t5-,6+,7-,8+/m1/s1. The molecule has 2 aliphatic heterocycles. The second-order valence-electron chi connectivity index (χ2n) is 3.67. The van der Waals surface area contributed by atoms with Gasteiger partial charge in [0.1, 0.15) is 6.67 Å². The second-order valence-corrected chi connectivity index (χ2v) is 3.67. The summed E-state index contributed by atoms with van der Waals surface area (Å²) < 4.78 is 12.3. The van der Waals surface area contributed by atoms with E-state index < -0.39 is 0 Å². The van der Waals surface area contributed by atoms with Crippen molar-refractivity contribution >= 4 is 0 Å². The van der Waals surface area contributed by atoms with Crippen LogP contribution in [0, 0.1) is 5.92 Å². The fourth-order valence-electron chi connectivity index (χ4n) is 2.32. The van der Waals surface area contributed by atoms with Crippen LogP contribution in [0.3, 0.4) is 0 Å². The van der Waals surface area contributed by atoms with Gasteiger partial charge in [-0.15, -0.1) is 0 Å². The first kappa shape index (κ1) is 7.50. The predicted octanol–water partition coefficient (Wildman–Crippen LogP) is 0.457. The van der Waals surface area contributed by atoms with Crippen molar-refractivity contribution in [2.75, 3.05) is 6.67 Å². The highest BCUT2D eigenvalue weighted by atomic mass is 19.1. The summed E-state index contributed by atoms with van der Waals surface area (Å²) in [6, 6.07) is 0.192. The maximum atomic E-state index is 12.3. The Morgan fingerprint density at radius 1 is 1.45 bits per heavy atom. The topological polar surface area (TPSA) is 32.3 Å². The zero-order valence-electron chi connectivity index (χ0n) is 6.46. The maximum absolute atomic E-state index is 12.3. The average Bonchev–Trinajstić information content (AvgIpc) is 2.05. The molecule has 2 saturated heterocycles. The molecule has 3 rings (SSSR count). The first-order valence-electron chi connectivity index (χ1n) is 4.31. The van der Waals surface area contributed by atoms with Crippen LogP contribution in [-0.2, 0) is 0 Å². The van der Waals surface area contributed by atoms with Crippen LogP contribution >= 0.6 is 0 Å². The Morgan fingerprint density at radius 2 is 2.27 bits per heavy atom. The lowest BCUT2D eigenvalue weighted by Gasteiger charge is -2.45. The Bertz CT molecular complexity index is 153. The molecule has 2 bridgehead atoms. The molecule has 0 aromatic heterocycles. The SMILES string of the molecule is O[C@H]1C[C@H]2CC[C@@H]1N[C@@H]2CF. The summed E-state index contributed by atoms with van der Waals surface area (Å²) in [6.07, 6.45) is 2.68. The van der Waals surface area contributed by atoms with E-state index in [9.17, 15) is 9.50 Å². The van der Waals surface area contributed by atoms with Crippen LogP contribution in [-0.4, -0.2) is 30.0 Å². The Balaban J connectivity index is 2.04. The van der Waals surface area contributed by atoms with Crippen molar-refractivity contribution in [3.8, 4) is 0 Å². The van der Waals surface area contributed by atoms with Gasteiger partial charge >= 0.3 is 0 Å². The van der Waals surface area contributed by atoms with Gasteiger partial charge in [-0.25, -0.2) is 4.39 Å². The molecule has 2 N–H and O–H groups in total. The van der Waals surface area contributed by atoms with Gasteiger partial charge in [-0.3, -0.25) is 0 Å². The van der Waals surface area contributed by atoms with Gasteiger partial charge in [0.25, 0.3) is 0 Å². The monoisotopic (exact) mass is 159 g/mol. The number of piperidine rings is 2. The second kappa shape index (κ2) is 2.72. The van der Waals surface area contributed by atoms with Crippen molar-refractivity contribution < 1.29 is 9.50 Å². The van der Waals surface area contributed by atoms with E-state index in [1.165, 1.54) is 0 Å². The van der Waals surface area contributed by atoms with Gasteiger partial charge in [0, 0.05) is 12.1 Å². The van der Waals surface area contributed by atoms with Crippen LogP contribution in [0.5, 0.6) is 0 Å². The molecule has 0 spiro atoms. The molecule has 3 aliphatic rings. The van der Waals surface area contributed by atoms with Gasteiger partial charge < -0.3 is 10.4 Å². The quantitative estimate of drug-likeness (QED) is 0.582. The molecule has 3 fully saturated rings. The fraction of sp³-hybridized carbons (Fsp3) is 1.00. The molecule has 3 heteroatoms. The molecule has 0 amide bonds. The van der Waals surface area contributed by atoms with Gasteiger partial charge in [0.2, 0.25) is 0 Å². The summed E-state index contributed by atoms with van der Waals surface area (Å²) in [5, 5.41) is 12.6. The predicted molar refractivity (Wildman–Crippen MR) is 40.0 cm³/mol. The van der Waals surface area contributed by atoms with Crippen LogP contribution < -0.4 is 5.32 Å². The molecule has 1 aliphatic carbocycles. The number of nitrogens with one attached hydrogen (secondary N) is 1. The third kappa shape index (κ3) is 1.16. The average molecular weight is 159 g/mol. The molecule has 64 valence electrons. The molecule has 0 radical (unpaired) electrons. The molecule has 4 atom stereocenters. The molecule has 1 saturated carbocycles. The van der Waals surface area contributed by atoms with Crippen molar-refractivity contribution in [3.63, 3.8) is 0 Å². The van der Waals surface area contributed by atoms with Crippen LogP contribution in [0.15, 0.2) is 0 Å². The first-order valence-corrected chi connectivity index (χ1v) is 4.31. The van der Waals surface area contributed by atoms with E-state index in [-0.39, 0.29) is 24.9 Å². The van der Waals surface area contributed by atoms with Gasteiger partial charge in [-0.2, -0.15) is 0 Å². The van der Waals surface area contributed by atoms with E-state index in [0.29, 0.717) is 5.92 Å². The molecule has 0 aromatic rings. The number of alkyl halides is 1. The minimum Gasteiger partial charge on any atom is -0.391 e. The number of hydrogen-bond donors (Lipinski definition) is 2. The highest BCUT2D eigenvalue weighted by Gasteiger charge is 2.40. The van der Waals surface area contributed by atoms with E-state index >= 15 is 0 Å². The zero-order chi connectivity index (χ0) is 7.84. The third-order valence-corrected chi connectivity index (χ3v) is 3.02. The summed E-state index contributed by atoms with van der Waals surface area (Å²) in [4.78, 5) is 0. The Morgan fingerprint density at radius 3 is 2.73 bits per heavy atom. The minimum atomic E-state index is -0.284. The van der Waals surface area contributed by atoms with Gasteiger partial charge in [0.05, 0.1) is 6.10 Å². The number of aliphatic hydroxyl groups excluding tert-OH is 1. The molecule has 11 heavy (non-hydrogen) atoms. The summed E-state index contributed by atoms with van der Waals surface area (Å²) in [6.45, 7) is -0.284. The lowest BCUT2D eigenvalue weighted by atomic mass is 9.75. The minimum absolute atomic E-state index is 0.0251. The van der Waals surface area contributed by atoms with Crippen molar-refractivity contribution in [1.82, 2.24) is 5.32 Å². The Hall–Kier alpha value is -0.150. The lowest BCUT2D eigenvalue weighted by molar-refractivity contribution is -0.0000456. The van der Waals surface area contributed by atoms with E-state index in [2.05, 4.69) is 5.32 Å². The lowest BCUT2D eigenvalue weighted by Crippen LogP contribution is -2.59. The van der Waals surface area contributed by atoms with Crippen molar-refractivity contribution in [1.29, 1.82) is 0 Å². The highest BCUT2D eigenvalue weighted by Crippen LogP contribution is 2.33. The van der Waals surface area contributed by atoms with Crippen molar-refractivity contribution in [2.24, 2.45) is 5.92 Å². The Kier molecular flexibility index (Phi) is 1.85. The van der Waals surface area contributed by atoms with Crippen molar-refractivity contribution in [3.05, 3.63) is 0 Å². The number of aliphatic hydroxyl groups is 1. The summed E-state index contributed by atoms with van der Waals surface area (Å²) in [5.41, 5.74) is 0. The van der Waals surface area contributed by atoms with E-state index in [0.717, 1.165) is 19.3 Å². The molecular formula is C8H14FNO. The van der Waals surface area contributed by atoms with E-state index in [4.69, 9.17) is 0 Å². The molecule has 2 heterocycles. The summed E-state index contributed by atoms with van der Waals surface area (Å²) >= 11 is 0. The highest BCUT2D eigenvalue weighted by molar-refractivity contribution is 4.97. The number of fused-ring (bicyclic) bond motifs is 3. The van der Waals surface area contributed by atoms with Gasteiger partial charge in [-0.05, 0) is 25.2 Å². The smallest absolute Gasteiger partial charge is 0.105 e. The van der Waals surface area contributed by atoms with E-state index in [1.807, 2.05) is 0 Å². The number of rotatable bonds is 1. The van der Waals surface area contributed by atoms with Crippen LogP contribution in [0.1, 0.15) is 19.3 Å². The molecule has 2 nitrogen and oxygen atoms in total. The van der Waals surface area contributed by atoms with Crippen LogP contribution in [0.25, 0.3) is 0 Å². The Labute approximate surface area is 65.8 Å². The number of halogens is 1. The van der Waals surface area contributed by atoms with Gasteiger partial charge in [-0.1, -0.05) is 0 Å². The fourth-order valence-corrected chi connectivity index (χ4v) is 2.32. The largest absolute Gasteiger partial charge is 0.391 e. The molecule has 0 unspecified atom stereocenters. The van der Waals surface area contributed by atoms with Crippen LogP contribution in [0.4, 0.5) is 4.39 Å². The zero-order valence-corrected chi connectivity index (χ0v) is 6.46. The number of hydrogen-bond acceptors (Lipinski definition) is 2. The van der Waals surface area contributed by atoms with E-state index in [1.54, 1.807) is 0 Å². The van der Waals surface area contributed by atoms with Crippen molar-refractivity contribution in [2.45, 2.75) is 37.5 Å². The summed E-state index contributed by atoms with van der Waals surface area (Å²) in [7, 11) is 0. The molecular weight excluding hydrogens is 145 g/mol. The first-order chi connectivity index (χ1) is 5.31. The molecule has 0 aromatic carbocycles. The van der Waals surface area contributed by atoms with Crippen LogP contribution in [0.2, 0.25) is 0 Å². The normalized spacial score (nSPS) is 49.6.